The van der Waals surface area contributed by atoms with Crippen LogP contribution in [-0.2, 0) is 5.41 Å². The van der Waals surface area contributed by atoms with E-state index >= 15 is 0 Å². The third-order valence-corrected chi connectivity index (χ3v) is 5.38. The molecule has 2 aliphatic rings. The van der Waals surface area contributed by atoms with E-state index in [-0.39, 0.29) is 11.2 Å². The monoisotopic (exact) mass is 306 g/mol. The Bertz CT molecular complexity index is 476. The van der Waals surface area contributed by atoms with Gasteiger partial charge in [-0.2, -0.15) is 0 Å². The minimum atomic E-state index is -0.624. The van der Waals surface area contributed by atoms with Gasteiger partial charge >= 0.3 is 0 Å². The number of β-amino-alcohol motifs (C(OH)–C–C–N with tert-alkyl or cyclic N) is 1. The molecule has 1 aliphatic carbocycles. The first-order chi connectivity index (χ1) is 10.6. The summed E-state index contributed by atoms with van der Waals surface area (Å²) in [5, 5.41) is 17.3. The van der Waals surface area contributed by atoms with Crippen LogP contribution in [0.3, 0.4) is 0 Å². The van der Waals surface area contributed by atoms with Crippen LogP contribution in [0.4, 0.5) is 4.39 Å². The molecule has 22 heavy (non-hydrogen) atoms. The van der Waals surface area contributed by atoms with Crippen LogP contribution in [0.2, 0.25) is 0 Å². The molecule has 0 bridgehead atoms. The van der Waals surface area contributed by atoms with Crippen LogP contribution in [0.25, 0.3) is 0 Å². The summed E-state index contributed by atoms with van der Waals surface area (Å²) < 4.78 is 13.2. The van der Waals surface area contributed by atoms with Crippen LogP contribution in [0.1, 0.15) is 44.1 Å². The van der Waals surface area contributed by atoms with Crippen LogP contribution in [0, 0.1) is 5.82 Å². The first kappa shape index (κ1) is 15.9. The first-order valence-corrected chi connectivity index (χ1v) is 8.52. The third kappa shape index (κ3) is 3.50. The SMILES string of the molecule is OC1(CNCC2(c3ccc(F)cc3)CCCC2)CCCNC1. The molecule has 0 amide bonds. The molecule has 1 unspecified atom stereocenters. The topological polar surface area (TPSA) is 44.3 Å². The van der Waals surface area contributed by atoms with E-state index in [1.54, 1.807) is 12.1 Å². The number of halogens is 1. The highest BCUT2D eigenvalue weighted by Crippen LogP contribution is 2.40. The summed E-state index contributed by atoms with van der Waals surface area (Å²) in [6, 6.07) is 6.99. The molecule has 3 rings (SSSR count). The zero-order valence-corrected chi connectivity index (χ0v) is 13.2. The lowest BCUT2D eigenvalue weighted by Gasteiger charge is -2.36. The van der Waals surface area contributed by atoms with E-state index in [0.717, 1.165) is 38.8 Å². The van der Waals surface area contributed by atoms with Gasteiger partial charge in [0.2, 0.25) is 0 Å². The summed E-state index contributed by atoms with van der Waals surface area (Å²) in [5.74, 6) is -0.174. The van der Waals surface area contributed by atoms with E-state index in [4.69, 9.17) is 0 Å². The van der Waals surface area contributed by atoms with Gasteiger partial charge < -0.3 is 15.7 Å². The number of benzene rings is 1. The van der Waals surface area contributed by atoms with Crippen LogP contribution < -0.4 is 10.6 Å². The van der Waals surface area contributed by atoms with E-state index in [0.29, 0.717) is 13.1 Å². The van der Waals surface area contributed by atoms with Crippen molar-refractivity contribution in [2.45, 2.75) is 49.5 Å². The minimum Gasteiger partial charge on any atom is -0.387 e. The molecule has 122 valence electrons. The highest BCUT2D eigenvalue weighted by atomic mass is 19.1. The molecule has 0 spiro atoms. The fraction of sp³-hybridized carbons (Fsp3) is 0.667. The average molecular weight is 306 g/mol. The normalized spacial score (nSPS) is 27.9. The van der Waals surface area contributed by atoms with Gasteiger partial charge in [-0.1, -0.05) is 25.0 Å². The van der Waals surface area contributed by atoms with E-state index in [1.807, 2.05) is 12.1 Å². The van der Waals surface area contributed by atoms with Crippen molar-refractivity contribution >= 4 is 0 Å². The van der Waals surface area contributed by atoms with Gasteiger partial charge in [0, 0.05) is 25.0 Å². The molecule has 1 aromatic carbocycles. The van der Waals surface area contributed by atoms with Gasteiger partial charge in [0.25, 0.3) is 0 Å². The lowest BCUT2D eigenvalue weighted by molar-refractivity contribution is 0.0161. The number of piperidine rings is 1. The second kappa shape index (κ2) is 6.65. The number of hydrogen-bond acceptors (Lipinski definition) is 3. The van der Waals surface area contributed by atoms with Crippen molar-refractivity contribution in [1.29, 1.82) is 0 Å². The molecule has 1 atom stereocenters. The Hall–Kier alpha value is -0.970. The Labute approximate surface area is 132 Å². The largest absolute Gasteiger partial charge is 0.387 e. The fourth-order valence-electron chi connectivity index (χ4n) is 4.06. The van der Waals surface area contributed by atoms with Crippen LogP contribution in [0.15, 0.2) is 24.3 Å². The molecule has 0 radical (unpaired) electrons. The summed E-state index contributed by atoms with van der Waals surface area (Å²) in [7, 11) is 0. The Kier molecular flexibility index (Phi) is 4.81. The van der Waals surface area contributed by atoms with Crippen molar-refractivity contribution in [3.8, 4) is 0 Å². The highest BCUT2D eigenvalue weighted by Gasteiger charge is 2.36. The Morgan fingerprint density at radius 1 is 1.05 bits per heavy atom. The smallest absolute Gasteiger partial charge is 0.123 e. The summed E-state index contributed by atoms with van der Waals surface area (Å²) in [6.07, 6.45) is 6.62. The van der Waals surface area contributed by atoms with Gasteiger partial charge in [-0.05, 0) is 49.9 Å². The third-order valence-electron chi connectivity index (χ3n) is 5.38. The van der Waals surface area contributed by atoms with Gasteiger partial charge in [-0.25, -0.2) is 4.39 Å². The lowest BCUT2D eigenvalue weighted by Crippen LogP contribution is -2.53. The van der Waals surface area contributed by atoms with Crippen molar-refractivity contribution in [3.05, 3.63) is 35.6 Å². The summed E-state index contributed by atoms with van der Waals surface area (Å²) in [6.45, 7) is 3.16. The maximum Gasteiger partial charge on any atom is 0.123 e. The predicted octanol–water partition coefficient (Wildman–Crippen LogP) is 2.34. The van der Waals surface area contributed by atoms with Gasteiger partial charge in [0.1, 0.15) is 5.82 Å². The second-order valence-corrected chi connectivity index (χ2v) is 7.10. The van der Waals surface area contributed by atoms with Gasteiger partial charge in [-0.15, -0.1) is 0 Å². The first-order valence-electron chi connectivity index (χ1n) is 8.52. The van der Waals surface area contributed by atoms with E-state index < -0.39 is 5.60 Å². The van der Waals surface area contributed by atoms with Crippen molar-refractivity contribution in [1.82, 2.24) is 10.6 Å². The molecule has 1 aromatic rings. The molecule has 3 N–H and O–H groups in total. The van der Waals surface area contributed by atoms with Crippen molar-refractivity contribution in [3.63, 3.8) is 0 Å². The minimum absolute atomic E-state index is 0.103. The fourth-order valence-corrected chi connectivity index (χ4v) is 4.06. The van der Waals surface area contributed by atoms with Crippen molar-refractivity contribution < 1.29 is 9.50 Å². The lowest BCUT2D eigenvalue weighted by atomic mass is 9.78. The van der Waals surface area contributed by atoms with Crippen molar-refractivity contribution in [2.75, 3.05) is 26.2 Å². The maximum atomic E-state index is 13.2. The quantitative estimate of drug-likeness (QED) is 0.782. The van der Waals surface area contributed by atoms with E-state index in [2.05, 4.69) is 10.6 Å². The molecular weight excluding hydrogens is 279 g/mol. The molecule has 3 nitrogen and oxygen atoms in total. The van der Waals surface area contributed by atoms with E-state index in [1.165, 1.54) is 18.4 Å². The number of rotatable bonds is 5. The Balaban J connectivity index is 1.63. The van der Waals surface area contributed by atoms with Gasteiger partial charge in [0.15, 0.2) is 0 Å². The Morgan fingerprint density at radius 2 is 1.77 bits per heavy atom. The Morgan fingerprint density at radius 3 is 2.41 bits per heavy atom. The van der Waals surface area contributed by atoms with Crippen molar-refractivity contribution in [2.24, 2.45) is 0 Å². The average Bonchev–Trinajstić information content (AvgIpc) is 2.98. The summed E-state index contributed by atoms with van der Waals surface area (Å²) in [5.41, 5.74) is 0.708. The van der Waals surface area contributed by atoms with Crippen LogP contribution in [0.5, 0.6) is 0 Å². The zero-order chi connectivity index (χ0) is 15.5. The maximum absolute atomic E-state index is 13.2. The van der Waals surface area contributed by atoms with E-state index in [9.17, 15) is 9.50 Å². The molecular formula is C18H27FN2O. The highest BCUT2D eigenvalue weighted by molar-refractivity contribution is 5.27. The zero-order valence-electron chi connectivity index (χ0n) is 13.2. The van der Waals surface area contributed by atoms with Crippen LogP contribution >= 0.6 is 0 Å². The standard InChI is InChI=1S/C18H27FN2O/c19-16-6-4-15(5-7-16)17(8-1-2-9-17)12-21-14-18(22)10-3-11-20-13-18/h4-7,20-22H,1-3,8-14H2. The number of hydrogen-bond donors (Lipinski definition) is 3. The van der Waals surface area contributed by atoms with Gasteiger partial charge in [-0.3, -0.25) is 0 Å². The number of nitrogens with one attached hydrogen (secondary N) is 2. The predicted molar refractivity (Wildman–Crippen MR) is 86.5 cm³/mol. The molecule has 1 saturated carbocycles. The van der Waals surface area contributed by atoms with Gasteiger partial charge in [0.05, 0.1) is 5.60 Å². The molecule has 1 saturated heterocycles. The molecule has 2 fully saturated rings. The number of aliphatic hydroxyl groups is 1. The molecule has 1 heterocycles. The summed E-state index contributed by atoms with van der Waals surface area (Å²) >= 11 is 0. The second-order valence-electron chi connectivity index (χ2n) is 7.10. The molecule has 1 aliphatic heterocycles. The van der Waals surface area contributed by atoms with Crippen LogP contribution in [-0.4, -0.2) is 36.9 Å². The molecule has 0 aromatic heterocycles. The molecule has 4 heteroatoms. The summed E-state index contributed by atoms with van der Waals surface area (Å²) in [4.78, 5) is 0.